The first-order valence-electron chi connectivity index (χ1n) is 13.2. The zero-order valence-electron chi connectivity index (χ0n) is 23.6. The number of nitrogens with zero attached hydrogens (tertiary/aromatic N) is 3. The molecule has 1 atom stereocenters. The van der Waals surface area contributed by atoms with E-state index in [9.17, 15) is 45.8 Å². The average molecular weight is 704 g/mol. The van der Waals surface area contributed by atoms with Crippen molar-refractivity contribution >= 4 is 46.4 Å². The molecule has 2 aromatic heterocycles. The zero-order valence-corrected chi connectivity index (χ0v) is 25.9. The summed E-state index contributed by atoms with van der Waals surface area (Å²) in [5, 5.41) is 13.7. The first-order valence-corrected chi connectivity index (χ1v) is 14.8. The highest BCUT2D eigenvalue weighted by Crippen LogP contribution is 2.54. The quantitative estimate of drug-likeness (QED) is 0.263. The first-order chi connectivity index (χ1) is 20.7. The Hall–Kier alpha value is -3.15. The van der Waals surface area contributed by atoms with Crippen molar-refractivity contribution < 1.29 is 45.6 Å². The minimum atomic E-state index is -6.23. The van der Waals surface area contributed by atoms with E-state index in [-0.39, 0.29) is 39.6 Å². The molecule has 0 bridgehead atoms. The summed E-state index contributed by atoms with van der Waals surface area (Å²) in [5.74, 6) is -2.13. The van der Waals surface area contributed by atoms with Crippen LogP contribution in [0.4, 0.5) is 26.3 Å². The predicted molar refractivity (Wildman–Crippen MR) is 150 cm³/mol. The third-order valence-corrected chi connectivity index (χ3v) is 9.37. The van der Waals surface area contributed by atoms with Gasteiger partial charge in [-0.3, -0.25) is 19.1 Å². The Morgan fingerprint density at radius 2 is 1.78 bits per heavy atom. The SMILES string of the molecule is C[C@H]1CCCCN1C(=O)c1nc(C(=O)NCC(C)(C)c2noc(=O)[nH]2)sc1-c1ccc(C(O)(C(F)(F)F)C(F)(F)F)c(Cl)c1Cl. The Balaban J connectivity index is 1.79. The van der Waals surface area contributed by atoms with Crippen LogP contribution in [0.2, 0.25) is 10.0 Å². The molecule has 1 saturated heterocycles. The van der Waals surface area contributed by atoms with Gasteiger partial charge >= 0.3 is 18.1 Å². The van der Waals surface area contributed by atoms with Crippen LogP contribution in [0.1, 0.15) is 71.7 Å². The van der Waals surface area contributed by atoms with Gasteiger partial charge in [-0.15, -0.1) is 11.3 Å². The number of rotatable bonds is 7. The van der Waals surface area contributed by atoms with Gasteiger partial charge in [0.25, 0.3) is 17.4 Å². The number of amides is 2. The number of carbonyl (C=O) groups is 2. The lowest BCUT2D eigenvalue weighted by Crippen LogP contribution is -2.54. The van der Waals surface area contributed by atoms with Crippen LogP contribution in [0.5, 0.6) is 0 Å². The van der Waals surface area contributed by atoms with Gasteiger partial charge in [0.2, 0.25) is 0 Å². The van der Waals surface area contributed by atoms with Gasteiger partial charge in [0.05, 0.1) is 14.9 Å². The molecular weight excluding hydrogens is 679 g/mol. The van der Waals surface area contributed by atoms with E-state index >= 15 is 0 Å². The van der Waals surface area contributed by atoms with Crippen molar-refractivity contribution in [1.29, 1.82) is 0 Å². The molecule has 45 heavy (non-hydrogen) atoms. The Kier molecular flexibility index (Phi) is 9.43. The van der Waals surface area contributed by atoms with Crippen LogP contribution in [0, 0.1) is 0 Å². The molecule has 1 aromatic carbocycles. The summed E-state index contributed by atoms with van der Waals surface area (Å²) in [5.41, 5.74) is -8.69. The number of carbonyl (C=O) groups excluding carboxylic acids is 2. The molecule has 0 aliphatic carbocycles. The van der Waals surface area contributed by atoms with Crippen molar-refractivity contribution in [2.75, 3.05) is 13.1 Å². The van der Waals surface area contributed by atoms with Gasteiger partial charge < -0.3 is 15.3 Å². The van der Waals surface area contributed by atoms with E-state index in [0.717, 1.165) is 12.5 Å². The van der Waals surface area contributed by atoms with Crippen molar-refractivity contribution in [3.63, 3.8) is 0 Å². The third-order valence-electron chi connectivity index (χ3n) is 7.40. The summed E-state index contributed by atoms with van der Waals surface area (Å²) in [7, 11) is 0. The van der Waals surface area contributed by atoms with Crippen molar-refractivity contribution in [2.24, 2.45) is 0 Å². The topological polar surface area (TPSA) is 141 Å². The molecule has 1 aliphatic rings. The molecule has 3 heterocycles. The number of hydrogen-bond donors (Lipinski definition) is 3. The summed E-state index contributed by atoms with van der Waals surface area (Å²) < 4.78 is 86.0. The van der Waals surface area contributed by atoms with Crippen LogP contribution >= 0.6 is 34.5 Å². The van der Waals surface area contributed by atoms with Gasteiger partial charge in [0, 0.05) is 35.7 Å². The number of alkyl halides is 6. The number of aromatic amines is 1. The molecule has 1 fully saturated rings. The van der Waals surface area contributed by atoms with E-state index in [0.29, 0.717) is 36.8 Å². The lowest BCUT2D eigenvalue weighted by molar-refractivity contribution is -0.376. The van der Waals surface area contributed by atoms with Gasteiger partial charge in [-0.1, -0.05) is 54.3 Å². The maximum Gasteiger partial charge on any atom is 0.438 e. The molecule has 0 radical (unpaired) electrons. The van der Waals surface area contributed by atoms with E-state index in [1.165, 1.54) is 4.90 Å². The fourth-order valence-electron chi connectivity index (χ4n) is 4.73. The number of likely N-dealkylation sites (tertiary alicyclic amines) is 1. The largest absolute Gasteiger partial charge is 0.438 e. The standard InChI is InChI=1S/C26H25Cl2F6N5O5S/c1-11-6-4-5-9-39(11)20(41)16-17(45-19(36-16)18(40)35-10-23(2,3)21-37-22(42)44-38-21)12-7-8-13(15(28)14(12)27)24(43,25(29,30)31)26(32,33)34/h7-8,11,43H,4-6,9-10H2,1-3H3,(H,35,40)(H,37,38,42)/t11-/m0/s1. The molecule has 3 aromatic rings. The summed E-state index contributed by atoms with van der Waals surface area (Å²) in [6, 6.07) is 0.809. The molecule has 0 unspecified atom stereocenters. The fraction of sp³-hybridized carbons (Fsp3) is 0.500. The van der Waals surface area contributed by atoms with Crippen molar-refractivity contribution in [3.8, 4) is 10.4 Å². The van der Waals surface area contributed by atoms with Gasteiger partial charge in [0.15, 0.2) is 10.8 Å². The average Bonchev–Trinajstić information content (AvgIpc) is 3.59. The number of nitrogens with one attached hydrogen (secondary N) is 2. The van der Waals surface area contributed by atoms with E-state index < -0.39 is 56.5 Å². The molecule has 3 N–H and O–H groups in total. The van der Waals surface area contributed by atoms with Gasteiger partial charge in [-0.05, 0) is 26.2 Å². The van der Waals surface area contributed by atoms with Crippen LogP contribution in [-0.4, -0.2) is 68.4 Å². The normalized spacial score (nSPS) is 16.6. The fourth-order valence-corrected chi connectivity index (χ4v) is 6.36. The zero-order chi connectivity index (χ0) is 33.7. The minimum absolute atomic E-state index is 0.107. The van der Waals surface area contributed by atoms with E-state index in [2.05, 4.69) is 25.0 Å². The summed E-state index contributed by atoms with van der Waals surface area (Å²) in [6.07, 6.45) is -10.3. The maximum atomic E-state index is 13.7. The van der Waals surface area contributed by atoms with E-state index in [1.54, 1.807) is 20.8 Å². The molecule has 2 amide bonds. The number of H-pyrrole nitrogens is 1. The Labute approximate surface area is 264 Å². The van der Waals surface area contributed by atoms with Crippen molar-refractivity contribution in [3.05, 3.63) is 54.8 Å². The van der Waals surface area contributed by atoms with Crippen LogP contribution in [0.3, 0.4) is 0 Å². The third kappa shape index (κ3) is 6.44. The monoisotopic (exact) mass is 703 g/mol. The first kappa shape index (κ1) is 34.7. The lowest BCUT2D eigenvalue weighted by atomic mass is 9.91. The number of hydrogen-bond acceptors (Lipinski definition) is 8. The van der Waals surface area contributed by atoms with E-state index in [1.807, 2.05) is 0 Å². The molecule has 10 nitrogen and oxygen atoms in total. The molecule has 19 heteroatoms. The molecular formula is C26H25Cl2F6N5O5S. The Morgan fingerprint density at radius 3 is 2.33 bits per heavy atom. The number of benzene rings is 1. The van der Waals surface area contributed by atoms with Crippen LogP contribution in [0.15, 0.2) is 21.5 Å². The molecule has 0 saturated carbocycles. The van der Waals surface area contributed by atoms with E-state index in [4.69, 9.17) is 23.2 Å². The van der Waals surface area contributed by atoms with Gasteiger partial charge in [-0.25, -0.2) is 9.78 Å². The Morgan fingerprint density at radius 1 is 1.13 bits per heavy atom. The second-order valence-corrected chi connectivity index (χ2v) is 12.8. The Bertz CT molecular complexity index is 1650. The van der Waals surface area contributed by atoms with Crippen molar-refractivity contribution in [1.82, 2.24) is 25.3 Å². The number of piperidine rings is 1. The number of aliphatic hydroxyl groups is 1. The highest BCUT2D eigenvalue weighted by molar-refractivity contribution is 7.17. The highest BCUT2D eigenvalue weighted by atomic mass is 35.5. The molecule has 1 aliphatic heterocycles. The highest BCUT2D eigenvalue weighted by Gasteiger charge is 2.72. The van der Waals surface area contributed by atoms with Crippen LogP contribution < -0.4 is 11.1 Å². The smallest absolute Gasteiger partial charge is 0.369 e. The van der Waals surface area contributed by atoms with Crippen molar-refractivity contribution in [2.45, 2.75) is 69.4 Å². The number of thiazole rings is 1. The summed E-state index contributed by atoms with van der Waals surface area (Å²) in [4.78, 5) is 46.2. The molecule has 0 spiro atoms. The second kappa shape index (κ2) is 12.2. The van der Waals surface area contributed by atoms with Gasteiger partial charge in [-0.2, -0.15) is 26.3 Å². The summed E-state index contributed by atoms with van der Waals surface area (Å²) in [6.45, 7) is 5.28. The number of aromatic nitrogens is 3. The maximum absolute atomic E-state index is 13.7. The molecule has 4 rings (SSSR count). The van der Waals surface area contributed by atoms with Gasteiger partial charge in [0.1, 0.15) is 5.69 Å². The van der Waals surface area contributed by atoms with Crippen LogP contribution in [0.25, 0.3) is 10.4 Å². The summed E-state index contributed by atoms with van der Waals surface area (Å²) >= 11 is 12.8. The minimum Gasteiger partial charge on any atom is -0.369 e. The second-order valence-electron chi connectivity index (χ2n) is 11.0. The predicted octanol–water partition coefficient (Wildman–Crippen LogP) is 5.83. The van der Waals surface area contributed by atoms with Crippen LogP contribution in [-0.2, 0) is 11.0 Å². The number of halogens is 8. The molecule has 246 valence electrons. The lowest BCUT2D eigenvalue weighted by Gasteiger charge is -2.34.